The molecule has 0 radical (unpaired) electrons. The third-order valence-electron chi connectivity index (χ3n) is 7.14. The van der Waals surface area contributed by atoms with Crippen molar-refractivity contribution in [1.82, 2.24) is 10.2 Å². The highest BCUT2D eigenvalue weighted by Gasteiger charge is 2.34. The molecule has 0 aliphatic rings. The first kappa shape index (κ1) is 32.4. The number of hydrogen-bond donors (Lipinski definition) is 1. The highest BCUT2D eigenvalue weighted by molar-refractivity contribution is 7.92. The minimum Gasteiger partial charge on any atom is -0.352 e. The number of nitrogens with zero attached hydrogens (tertiary/aromatic N) is 2. The van der Waals surface area contributed by atoms with E-state index in [0.717, 1.165) is 21.9 Å². The van der Waals surface area contributed by atoms with Crippen LogP contribution in [-0.4, -0.2) is 43.8 Å². The fraction of sp³-hybridized carbons (Fsp3) is 0.355. The van der Waals surface area contributed by atoms with E-state index in [4.69, 9.17) is 23.2 Å². The van der Waals surface area contributed by atoms with Gasteiger partial charge in [0.25, 0.3) is 10.0 Å². The summed E-state index contributed by atoms with van der Waals surface area (Å²) < 4.78 is 29.0. The Balaban J connectivity index is 2.10. The number of aryl methyl sites for hydroxylation is 2. The molecule has 1 N–H and O–H groups in total. The Labute approximate surface area is 253 Å². The maximum Gasteiger partial charge on any atom is 0.264 e. The van der Waals surface area contributed by atoms with E-state index >= 15 is 0 Å². The fourth-order valence-electron chi connectivity index (χ4n) is 4.31. The van der Waals surface area contributed by atoms with Crippen LogP contribution in [0.3, 0.4) is 0 Å². The second-order valence-corrected chi connectivity index (χ2v) is 12.8. The van der Waals surface area contributed by atoms with Gasteiger partial charge in [-0.05, 0) is 92.8 Å². The summed E-state index contributed by atoms with van der Waals surface area (Å²) in [6, 6.07) is 17.2. The molecule has 3 aromatic carbocycles. The van der Waals surface area contributed by atoms with E-state index in [1.807, 2.05) is 40.7 Å². The summed E-state index contributed by atoms with van der Waals surface area (Å²) in [7, 11) is -4.19. The van der Waals surface area contributed by atoms with Crippen molar-refractivity contribution >= 4 is 50.7 Å². The van der Waals surface area contributed by atoms with Crippen LogP contribution in [0.1, 0.15) is 50.3 Å². The van der Waals surface area contributed by atoms with Crippen molar-refractivity contribution in [2.24, 2.45) is 0 Å². The average Bonchev–Trinajstić information content (AvgIpc) is 2.94. The van der Waals surface area contributed by atoms with Crippen LogP contribution in [0, 0.1) is 13.8 Å². The minimum absolute atomic E-state index is 0.00728. The summed E-state index contributed by atoms with van der Waals surface area (Å²) in [6.45, 7) is 8.99. The fourth-order valence-corrected chi connectivity index (χ4v) is 6.04. The Morgan fingerprint density at radius 1 is 0.902 bits per heavy atom. The number of hydrogen-bond acceptors (Lipinski definition) is 4. The Morgan fingerprint density at radius 2 is 1.56 bits per heavy atom. The monoisotopic (exact) mass is 617 g/mol. The van der Waals surface area contributed by atoms with Crippen molar-refractivity contribution in [3.63, 3.8) is 0 Å². The van der Waals surface area contributed by atoms with Gasteiger partial charge in [0.05, 0.1) is 10.6 Å². The number of rotatable bonds is 12. The van der Waals surface area contributed by atoms with E-state index in [2.05, 4.69) is 5.32 Å². The Hall–Kier alpha value is -3.07. The van der Waals surface area contributed by atoms with Crippen LogP contribution in [0.4, 0.5) is 5.69 Å². The van der Waals surface area contributed by atoms with E-state index in [9.17, 15) is 18.0 Å². The van der Waals surface area contributed by atoms with Crippen LogP contribution in [0.5, 0.6) is 0 Å². The molecule has 0 spiro atoms. The predicted molar refractivity (Wildman–Crippen MR) is 166 cm³/mol. The summed E-state index contributed by atoms with van der Waals surface area (Å²) >= 11 is 12.5. The van der Waals surface area contributed by atoms with Gasteiger partial charge in [-0.1, -0.05) is 61.3 Å². The molecule has 0 aliphatic carbocycles. The first-order chi connectivity index (χ1) is 19.4. The number of anilines is 1. The van der Waals surface area contributed by atoms with Gasteiger partial charge < -0.3 is 10.2 Å². The predicted octanol–water partition coefficient (Wildman–Crippen LogP) is 6.53. The normalized spacial score (nSPS) is 12.9. The second-order valence-electron chi connectivity index (χ2n) is 10.1. The van der Waals surface area contributed by atoms with Crippen LogP contribution in [0.2, 0.25) is 10.0 Å². The van der Waals surface area contributed by atoms with Crippen LogP contribution in [0.25, 0.3) is 0 Å². The summed E-state index contributed by atoms with van der Waals surface area (Å²) in [5.41, 5.74) is 2.84. The topological polar surface area (TPSA) is 86.8 Å². The summed E-state index contributed by atoms with van der Waals surface area (Å²) in [6.07, 6.45) is 1.05. The second kappa shape index (κ2) is 14.2. The lowest BCUT2D eigenvalue weighted by molar-refractivity contribution is -0.140. The molecular weight excluding hydrogens is 581 g/mol. The zero-order chi connectivity index (χ0) is 30.3. The molecule has 2 atom stereocenters. The molecule has 0 heterocycles. The van der Waals surface area contributed by atoms with E-state index in [0.29, 0.717) is 27.7 Å². The molecule has 0 bridgehead atoms. The van der Waals surface area contributed by atoms with Gasteiger partial charge in [0.2, 0.25) is 11.8 Å². The van der Waals surface area contributed by atoms with E-state index in [1.165, 1.54) is 29.2 Å². The van der Waals surface area contributed by atoms with Crippen LogP contribution in [-0.2, 0) is 26.2 Å². The van der Waals surface area contributed by atoms with Gasteiger partial charge in [-0.25, -0.2) is 8.42 Å². The van der Waals surface area contributed by atoms with Crippen LogP contribution in [0.15, 0.2) is 71.6 Å². The van der Waals surface area contributed by atoms with Crippen molar-refractivity contribution in [2.45, 2.75) is 71.0 Å². The Morgan fingerprint density at radius 3 is 2.15 bits per heavy atom. The molecule has 7 nitrogen and oxygen atoms in total. The maximum atomic E-state index is 14.2. The summed E-state index contributed by atoms with van der Waals surface area (Å²) in [5.74, 6) is -0.840. The third kappa shape index (κ3) is 8.03. The molecule has 0 fully saturated rings. The molecule has 2 amide bonds. The first-order valence-electron chi connectivity index (χ1n) is 13.6. The van der Waals surface area contributed by atoms with Crippen LogP contribution < -0.4 is 9.62 Å². The number of nitrogens with one attached hydrogen (secondary N) is 1. The molecular formula is C31H37Cl2N3O4S. The molecule has 3 aromatic rings. The minimum atomic E-state index is -4.19. The van der Waals surface area contributed by atoms with Crippen molar-refractivity contribution in [3.05, 3.63) is 93.5 Å². The van der Waals surface area contributed by atoms with Gasteiger partial charge in [0.1, 0.15) is 12.6 Å². The molecule has 3 rings (SSSR count). The van der Waals surface area contributed by atoms with Crippen LogP contribution >= 0.6 is 23.2 Å². The number of carbonyl (C=O) groups is 2. The molecule has 0 saturated carbocycles. The van der Waals surface area contributed by atoms with Crippen molar-refractivity contribution < 1.29 is 18.0 Å². The standard InChI is InChI=1S/C31H37Cl2N3O4S/c1-6-23(5)34-31(38)29(7-2)35(19-24-10-8-9-11-28(24)33)30(37)20-36(26-15-12-21(3)22(4)18-26)41(39,40)27-16-13-25(32)14-17-27/h8-18,23,29H,6-7,19-20H2,1-5H3,(H,34,38)/t23-,29-/m1/s1. The maximum absolute atomic E-state index is 14.2. The van der Waals surface area contributed by atoms with Gasteiger partial charge >= 0.3 is 0 Å². The number of amides is 2. The zero-order valence-corrected chi connectivity index (χ0v) is 26.4. The number of halogens is 2. The SMILES string of the molecule is CC[C@@H](C)NC(=O)[C@@H](CC)N(Cc1ccccc1Cl)C(=O)CN(c1ccc(C)c(C)c1)S(=O)(=O)c1ccc(Cl)cc1. The van der Waals surface area contributed by atoms with Crippen molar-refractivity contribution in [1.29, 1.82) is 0 Å². The highest BCUT2D eigenvalue weighted by atomic mass is 35.5. The van der Waals surface area contributed by atoms with Crippen molar-refractivity contribution in [2.75, 3.05) is 10.8 Å². The Kier molecular flexibility index (Phi) is 11.2. The van der Waals surface area contributed by atoms with Gasteiger partial charge in [-0.2, -0.15) is 0 Å². The van der Waals surface area contributed by atoms with Gasteiger partial charge in [0.15, 0.2) is 0 Å². The van der Waals surface area contributed by atoms with E-state index < -0.39 is 28.5 Å². The lowest BCUT2D eigenvalue weighted by Crippen LogP contribution is -2.53. The molecule has 0 unspecified atom stereocenters. The third-order valence-corrected chi connectivity index (χ3v) is 9.55. The quantitative estimate of drug-likeness (QED) is 0.250. The zero-order valence-electron chi connectivity index (χ0n) is 24.0. The van der Waals surface area contributed by atoms with E-state index in [-0.39, 0.29) is 23.4 Å². The molecule has 10 heteroatoms. The summed E-state index contributed by atoms with van der Waals surface area (Å²) in [4.78, 5) is 28.9. The molecule has 0 saturated heterocycles. The van der Waals surface area contributed by atoms with E-state index in [1.54, 1.807) is 36.4 Å². The van der Waals surface area contributed by atoms with Gasteiger partial charge in [-0.3, -0.25) is 13.9 Å². The van der Waals surface area contributed by atoms with Gasteiger partial charge in [0, 0.05) is 22.6 Å². The Bertz CT molecular complexity index is 1480. The van der Waals surface area contributed by atoms with Gasteiger partial charge in [-0.15, -0.1) is 0 Å². The lowest BCUT2D eigenvalue weighted by Gasteiger charge is -2.34. The first-order valence-corrected chi connectivity index (χ1v) is 15.8. The number of sulfonamides is 1. The molecule has 41 heavy (non-hydrogen) atoms. The molecule has 0 aromatic heterocycles. The van der Waals surface area contributed by atoms with Crippen molar-refractivity contribution in [3.8, 4) is 0 Å². The summed E-state index contributed by atoms with van der Waals surface area (Å²) in [5, 5.41) is 3.80. The smallest absolute Gasteiger partial charge is 0.264 e. The molecule has 220 valence electrons. The number of benzene rings is 3. The average molecular weight is 619 g/mol. The number of carbonyl (C=O) groups excluding carboxylic acids is 2. The largest absolute Gasteiger partial charge is 0.352 e. The lowest BCUT2D eigenvalue weighted by atomic mass is 10.1. The molecule has 0 aliphatic heterocycles. The highest BCUT2D eigenvalue weighted by Crippen LogP contribution is 2.28.